The maximum absolute atomic E-state index is 7.23. The van der Waals surface area contributed by atoms with E-state index in [4.69, 9.17) is 5.41 Å². The zero-order chi connectivity index (χ0) is 10.1. The van der Waals surface area contributed by atoms with Gasteiger partial charge >= 0.3 is 0 Å². The minimum Gasteiger partial charge on any atom is -0.308 e. The molecule has 0 fully saturated rings. The van der Waals surface area contributed by atoms with E-state index in [1.165, 1.54) is 23.8 Å². The molecule has 1 aliphatic carbocycles. The molecule has 0 spiro atoms. The Hall–Kier alpha value is -0.850. The van der Waals surface area contributed by atoms with E-state index in [0.29, 0.717) is 5.41 Å². The Bertz CT molecular complexity index is 285. The van der Waals surface area contributed by atoms with E-state index in [-0.39, 0.29) is 1.43 Å². The molecule has 0 heterocycles. The predicted molar refractivity (Wildman–Crippen MR) is 60.4 cm³/mol. The van der Waals surface area contributed by atoms with Gasteiger partial charge in [-0.2, -0.15) is 0 Å². The maximum atomic E-state index is 7.23. The molecule has 13 heavy (non-hydrogen) atoms. The van der Waals surface area contributed by atoms with Gasteiger partial charge in [-0.05, 0) is 43.3 Å². The number of hydrogen-bond donors (Lipinski definition) is 1. The van der Waals surface area contributed by atoms with Crippen LogP contribution in [0.5, 0.6) is 0 Å². The lowest BCUT2D eigenvalue weighted by Gasteiger charge is -2.30. The lowest BCUT2D eigenvalue weighted by Crippen LogP contribution is -2.17. The Morgan fingerprint density at radius 1 is 1.54 bits per heavy atom. The van der Waals surface area contributed by atoms with Crippen LogP contribution in [0, 0.1) is 10.8 Å². The fraction of sp³-hybridized carbons (Fsp3) is 0.583. The number of hydrogen-bond acceptors (Lipinski definition) is 1. The molecule has 0 unspecified atom stereocenters. The lowest BCUT2D eigenvalue weighted by molar-refractivity contribution is 0.351. The van der Waals surface area contributed by atoms with Gasteiger partial charge in [0, 0.05) is 7.64 Å². The highest BCUT2D eigenvalue weighted by molar-refractivity contribution is 5.77. The van der Waals surface area contributed by atoms with Crippen LogP contribution in [0.25, 0.3) is 0 Å². The third-order valence-corrected chi connectivity index (χ3v) is 2.57. The summed E-state index contributed by atoms with van der Waals surface area (Å²) >= 11 is 0. The highest BCUT2D eigenvalue weighted by atomic mass is 14.3. The van der Waals surface area contributed by atoms with Crippen molar-refractivity contribution < 1.29 is 1.43 Å². The van der Waals surface area contributed by atoms with Gasteiger partial charge in [-0.1, -0.05) is 25.5 Å². The highest BCUT2D eigenvalue weighted by Crippen LogP contribution is 2.38. The quantitative estimate of drug-likeness (QED) is 0.589. The summed E-state index contributed by atoms with van der Waals surface area (Å²) in [6, 6.07) is 0. The molecule has 0 bridgehead atoms. The lowest BCUT2D eigenvalue weighted by atomic mass is 9.75. The first-order valence-electron chi connectivity index (χ1n) is 4.82. The van der Waals surface area contributed by atoms with E-state index in [1.807, 2.05) is 6.92 Å². The summed E-state index contributed by atoms with van der Waals surface area (Å²) in [7, 11) is 0. The summed E-state index contributed by atoms with van der Waals surface area (Å²) in [6.07, 6.45) is 5.99. The van der Waals surface area contributed by atoms with Crippen LogP contribution in [-0.4, -0.2) is 6.21 Å². The molecule has 74 valence electrons. The maximum Gasteiger partial charge on any atom is 0.0209 e. The minimum absolute atomic E-state index is 0. The fourth-order valence-electron chi connectivity index (χ4n) is 2.08. The number of nitrogens with one attached hydrogen (secondary N) is 1. The molecule has 1 nitrogen and oxygen atoms in total. The second kappa shape index (κ2) is 3.49. The van der Waals surface area contributed by atoms with Crippen molar-refractivity contribution in [3.63, 3.8) is 0 Å². The van der Waals surface area contributed by atoms with E-state index in [0.717, 1.165) is 12.0 Å². The number of allylic oxidation sites excluding steroid dienone is 4. The van der Waals surface area contributed by atoms with E-state index in [2.05, 4.69) is 26.8 Å². The van der Waals surface area contributed by atoms with Gasteiger partial charge < -0.3 is 5.41 Å². The Morgan fingerprint density at radius 2 is 2.15 bits per heavy atom. The summed E-state index contributed by atoms with van der Waals surface area (Å²) in [5, 5.41) is 7.23. The molecule has 1 rings (SSSR count). The van der Waals surface area contributed by atoms with Gasteiger partial charge in [-0.25, -0.2) is 0 Å². The van der Waals surface area contributed by atoms with Crippen molar-refractivity contribution in [3.05, 3.63) is 22.8 Å². The molecule has 0 aromatic rings. The van der Waals surface area contributed by atoms with E-state index in [1.54, 1.807) is 0 Å². The highest BCUT2D eigenvalue weighted by Gasteiger charge is 2.24. The summed E-state index contributed by atoms with van der Waals surface area (Å²) in [4.78, 5) is 0. The van der Waals surface area contributed by atoms with E-state index >= 15 is 0 Å². The average Bonchev–Trinajstić information content (AvgIpc) is 1.99. The normalized spacial score (nSPS) is 25.1. The van der Waals surface area contributed by atoms with Gasteiger partial charge in [-0.3, -0.25) is 0 Å². The topological polar surface area (TPSA) is 23.9 Å². The van der Waals surface area contributed by atoms with Gasteiger partial charge in [0.1, 0.15) is 0 Å². The van der Waals surface area contributed by atoms with Crippen LogP contribution in [0.3, 0.4) is 0 Å². The van der Waals surface area contributed by atoms with Crippen LogP contribution in [-0.2, 0) is 0 Å². The SMILES string of the molecule is CC1=C/C(=C(/C)C=N)CC(C)(C)C1.[HH]. The van der Waals surface area contributed by atoms with Crippen LogP contribution in [0.4, 0.5) is 0 Å². The Balaban J connectivity index is 0.00000169. The second-order valence-corrected chi connectivity index (χ2v) is 4.86. The second-order valence-electron chi connectivity index (χ2n) is 4.86. The Labute approximate surface area is 82.5 Å². The van der Waals surface area contributed by atoms with Crippen molar-refractivity contribution >= 4 is 6.21 Å². The van der Waals surface area contributed by atoms with Crippen LogP contribution >= 0.6 is 0 Å². The standard InChI is InChI=1S/C12H19N.H2/c1-9-5-11(10(2)8-13)7-12(3,4)6-9;/h5,8,13H,6-7H2,1-4H3;1H/b11-10+,13-8?;. The minimum atomic E-state index is 0. The van der Waals surface area contributed by atoms with Crippen molar-refractivity contribution in [3.8, 4) is 0 Å². The predicted octanol–water partition coefficient (Wildman–Crippen LogP) is 3.96. The molecule has 0 saturated carbocycles. The first-order valence-corrected chi connectivity index (χ1v) is 4.82. The zero-order valence-electron chi connectivity index (χ0n) is 9.07. The molecule has 1 heteroatoms. The third-order valence-electron chi connectivity index (χ3n) is 2.57. The first kappa shape index (κ1) is 10.2. The van der Waals surface area contributed by atoms with Crippen molar-refractivity contribution in [1.82, 2.24) is 0 Å². The Morgan fingerprint density at radius 3 is 2.62 bits per heavy atom. The summed E-state index contributed by atoms with van der Waals surface area (Å²) in [5.74, 6) is 0. The van der Waals surface area contributed by atoms with Crippen molar-refractivity contribution in [1.29, 1.82) is 5.41 Å². The third kappa shape index (κ3) is 2.55. The van der Waals surface area contributed by atoms with Crippen LogP contribution in [0.15, 0.2) is 22.8 Å². The molecular weight excluding hydrogens is 158 g/mol. The van der Waals surface area contributed by atoms with E-state index in [9.17, 15) is 0 Å². The van der Waals surface area contributed by atoms with Gasteiger partial charge in [-0.15, -0.1) is 0 Å². The Kier molecular flexibility index (Phi) is 2.74. The van der Waals surface area contributed by atoms with E-state index < -0.39 is 0 Å². The summed E-state index contributed by atoms with van der Waals surface area (Å²) in [5.41, 5.74) is 4.25. The summed E-state index contributed by atoms with van der Waals surface area (Å²) in [6.45, 7) is 8.78. The molecule has 0 amide bonds. The molecule has 0 atom stereocenters. The summed E-state index contributed by atoms with van der Waals surface area (Å²) < 4.78 is 0. The van der Waals surface area contributed by atoms with Crippen molar-refractivity contribution in [2.24, 2.45) is 5.41 Å². The smallest absolute Gasteiger partial charge is 0.0209 e. The van der Waals surface area contributed by atoms with Gasteiger partial charge in [0.2, 0.25) is 0 Å². The molecule has 1 aliphatic rings. The van der Waals surface area contributed by atoms with Gasteiger partial charge in [0.05, 0.1) is 0 Å². The first-order chi connectivity index (χ1) is 5.94. The number of rotatable bonds is 1. The average molecular weight is 179 g/mol. The van der Waals surface area contributed by atoms with Crippen molar-refractivity contribution in [2.75, 3.05) is 0 Å². The zero-order valence-corrected chi connectivity index (χ0v) is 9.07. The largest absolute Gasteiger partial charge is 0.308 e. The fourth-order valence-corrected chi connectivity index (χ4v) is 2.08. The van der Waals surface area contributed by atoms with Crippen LogP contribution in [0.2, 0.25) is 0 Å². The van der Waals surface area contributed by atoms with Crippen LogP contribution in [0.1, 0.15) is 42.0 Å². The van der Waals surface area contributed by atoms with Gasteiger partial charge in [0.15, 0.2) is 0 Å². The molecular formula is C12H21N. The molecule has 0 aromatic carbocycles. The van der Waals surface area contributed by atoms with Crippen molar-refractivity contribution in [2.45, 2.75) is 40.5 Å². The molecule has 0 aliphatic heterocycles. The van der Waals surface area contributed by atoms with Crippen LogP contribution < -0.4 is 0 Å². The monoisotopic (exact) mass is 179 g/mol. The molecule has 0 aromatic heterocycles. The molecule has 1 N–H and O–H groups in total. The molecule has 0 saturated heterocycles. The van der Waals surface area contributed by atoms with Gasteiger partial charge in [0.25, 0.3) is 0 Å². The molecule has 0 radical (unpaired) electrons.